The van der Waals surface area contributed by atoms with Gasteiger partial charge in [0.2, 0.25) is 0 Å². The van der Waals surface area contributed by atoms with Crippen LogP contribution in [0.2, 0.25) is 0 Å². The maximum atomic E-state index is 13.2. The van der Waals surface area contributed by atoms with Crippen LogP contribution in [0, 0.1) is 10.1 Å². The van der Waals surface area contributed by atoms with Crippen molar-refractivity contribution in [2.24, 2.45) is 5.73 Å². The third-order valence-corrected chi connectivity index (χ3v) is 5.74. The van der Waals surface area contributed by atoms with E-state index in [0.29, 0.717) is 30.5 Å². The lowest BCUT2D eigenvalue weighted by molar-refractivity contribution is -0.384. The van der Waals surface area contributed by atoms with Crippen molar-refractivity contribution in [3.63, 3.8) is 0 Å². The summed E-state index contributed by atoms with van der Waals surface area (Å²) < 4.78 is 5.33. The van der Waals surface area contributed by atoms with Crippen LogP contribution in [0.4, 0.5) is 11.4 Å². The Balaban J connectivity index is 1.95. The third kappa shape index (κ3) is 3.64. The predicted octanol–water partition coefficient (Wildman–Crippen LogP) is 3.94. The summed E-state index contributed by atoms with van der Waals surface area (Å²) in [7, 11) is 0. The molecular formula is C24H23N3O5. The molecule has 2 N–H and O–H groups in total. The third-order valence-electron chi connectivity index (χ3n) is 5.74. The van der Waals surface area contributed by atoms with E-state index in [1.54, 1.807) is 24.0 Å². The summed E-state index contributed by atoms with van der Waals surface area (Å²) >= 11 is 0. The molecule has 0 radical (unpaired) electrons. The molecule has 0 saturated heterocycles. The van der Waals surface area contributed by atoms with Gasteiger partial charge >= 0.3 is 5.97 Å². The first-order valence-corrected chi connectivity index (χ1v) is 10.5. The number of Topliss-reactive ketones (excluding diaryl/α,β-unsaturated/α-hetero) is 1. The topological polar surface area (TPSA) is 116 Å². The lowest BCUT2D eigenvalue weighted by atomic mass is 9.75. The van der Waals surface area contributed by atoms with Crippen molar-refractivity contribution in [3.05, 3.63) is 92.9 Å². The van der Waals surface area contributed by atoms with Gasteiger partial charge in [-0.05, 0) is 37.5 Å². The summed E-state index contributed by atoms with van der Waals surface area (Å²) in [5, 5.41) is 11.1. The van der Waals surface area contributed by atoms with Crippen LogP contribution >= 0.6 is 0 Å². The molecule has 1 heterocycles. The van der Waals surface area contributed by atoms with Crippen LogP contribution < -0.4 is 10.6 Å². The fourth-order valence-electron chi connectivity index (χ4n) is 4.39. The second kappa shape index (κ2) is 8.66. The normalized spacial score (nSPS) is 18.5. The summed E-state index contributed by atoms with van der Waals surface area (Å²) in [4.78, 5) is 38.5. The number of hydrogen-bond donors (Lipinski definition) is 1. The number of allylic oxidation sites excluding steroid dienone is 2. The number of nitro groups is 1. The summed E-state index contributed by atoms with van der Waals surface area (Å²) in [6.07, 6.45) is 1.63. The number of carbonyl (C=O) groups is 2. The van der Waals surface area contributed by atoms with Gasteiger partial charge in [-0.2, -0.15) is 0 Å². The molecule has 0 saturated carbocycles. The van der Waals surface area contributed by atoms with Crippen molar-refractivity contribution in [2.75, 3.05) is 11.5 Å². The molecule has 2 aromatic carbocycles. The molecule has 32 heavy (non-hydrogen) atoms. The zero-order valence-corrected chi connectivity index (χ0v) is 17.6. The standard InChI is InChI=1S/C24H23N3O5/c1-2-32-24(29)22-20(15-7-4-3-5-8-15)21-18(9-6-10-19(21)28)26(23(22)25)16-11-13-17(14-12-16)27(30)31/h3-5,7-8,11-14,20H,2,6,9-10,25H2,1H3/t20-/m0/s1. The molecule has 1 aliphatic heterocycles. The molecule has 4 rings (SSSR count). The van der Waals surface area contributed by atoms with E-state index < -0.39 is 16.8 Å². The monoisotopic (exact) mass is 433 g/mol. The van der Waals surface area contributed by atoms with E-state index in [2.05, 4.69) is 0 Å². The maximum Gasteiger partial charge on any atom is 0.338 e. The van der Waals surface area contributed by atoms with Crippen LogP contribution in [-0.2, 0) is 14.3 Å². The first-order chi connectivity index (χ1) is 15.4. The average Bonchev–Trinajstić information content (AvgIpc) is 2.79. The Bertz CT molecular complexity index is 1140. The Labute approximate surface area is 185 Å². The first-order valence-electron chi connectivity index (χ1n) is 10.5. The lowest BCUT2D eigenvalue weighted by Crippen LogP contribution is -2.41. The maximum absolute atomic E-state index is 13.2. The number of hydrogen-bond acceptors (Lipinski definition) is 7. The van der Waals surface area contributed by atoms with Gasteiger partial charge in [0, 0.05) is 35.5 Å². The van der Waals surface area contributed by atoms with Crippen molar-refractivity contribution in [3.8, 4) is 0 Å². The number of nitrogens with two attached hydrogens (primary N) is 1. The highest BCUT2D eigenvalue weighted by Gasteiger charge is 2.43. The second-order valence-corrected chi connectivity index (χ2v) is 7.61. The van der Waals surface area contributed by atoms with Crippen molar-refractivity contribution >= 4 is 23.1 Å². The molecule has 2 aromatic rings. The van der Waals surface area contributed by atoms with Gasteiger partial charge in [0.15, 0.2) is 5.78 Å². The number of rotatable bonds is 5. The van der Waals surface area contributed by atoms with Gasteiger partial charge in [-0.1, -0.05) is 30.3 Å². The molecule has 0 amide bonds. The summed E-state index contributed by atoms with van der Waals surface area (Å²) in [5.74, 6) is -1.09. The number of nitrogens with zero attached hydrogens (tertiary/aromatic N) is 2. The van der Waals surface area contributed by atoms with Crippen LogP contribution in [0.1, 0.15) is 37.7 Å². The molecular weight excluding hydrogens is 410 g/mol. The molecule has 164 valence electrons. The zero-order valence-electron chi connectivity index (χ0n) is 17.6. The lowest BCUT2D eigenvalue weighted by Gasteiger charge is -2.40. The largest absolute Gasteiger partial charge is 0.463 e. The quantitative estimate of drug-likeness (QED) is 0.431. The van der Waals surface area contributed by atoms with Crippen molar-refractivity contribution in [1.29, 1.82) is 0 Å². The molecule has 8 nitrogen and oxygen atoms in total. The Morgan fingerprint density at radius 2 is 1.84 bits per heavy atom. The highest BCUT2D eigenvalue weighted by molar-refractivity contribution is 6.05. The van der Waals surface area contributed by atoms with Gasteiger partial charge in [0.1, 0.15) is 5.82 Å². The highest BCUT2D eigenvalue weighted by Crippen LogP contribution is 2.46. The fraction of sp³-hybridized carbons (Fsp3) is 0.250. The van der Waals surface area contributed by atoms with Gasteiger partial charge < -0.3 is 10.5 Å². The molecule has 8 heteroatoms. The van der Waals surface area contributed by atoms with Gasteiger partial charge in [0.25, 0.3) is 5.69 Å². The van der Waals surface area contributed by atoms with Crippen LogP contribution in [0.5, 0.6) is 0 Å². The van der Waals surface area contributed by atoms with E-state index in [1.807, 2.05) is 30.3 Å². The van der Waals surface area contributed by atoms with Crippen LogP contribution in [-0.4, -0.2) is 23.3 Å². The Kier molecular flexibility index (Phi) is 5.77. The van der Waals surface area contributed by atoms with E-state index in [4.69, 9.17) is 10.5 Å². The minimum atomic E-state index is -0.632. The summed E-state index contributed by atoms with van der Waals surface area (Å²) in [6, 6.07) is 15.2. The Morgan fingerprint density at radius 3 is 2.47 bits per heavy atom. The molecule has 1 aliphatic carbocycles. The number of esters is 1. The van der Waals surface area contributed by atoms with Gasteiger partial charge in [-0.15, -0.1) is 0 Å². The van der Waals surface area contributed by atoms with Crippen LogP contribution in [0.25, 0.3) is 0 Å². The number of nitro benzene ring substituents is 1. The molecule has 2 aliphatic rings. The van der Waals surface area contributed by atoms with Crippen molar-refractivity contribution in [1.82, 2.24) is 0 Å². The average molecular weight is 433 g/mol. The van der Waals surface area contributed by atoms with E-state index >= 15 is 0 Å². The van der Waals surface area contributed by atoms with Gasteiger partial charge in [0.05, 0.1) is 23.0 Å². The number of benzene rings is 2. The molecule has 1 atom stereocenters. The zero-order chi connectivity index (χ0) is 22.8. The number of carbonyl (C=O) groups excluding carboxylic acids is 2. The number of non-ortho nitro benzene ring substituents is 1. The van der Waals surface area contributed by atoms with Crippen molar-refractivity contribution < 1.29 is 19.2 Å². The summed E-state index contributed by atoms with van der Waals surface area (Å²) in [6.45, 7) is 1.87. The van der Waals surface area contributed by atoms with Crippen LogP contribution in [0.15, 0.2) is 77.3 Å². The highest BCUT2D eigenvalue weighted by atomic mass is 16.6. The fourth-order valence-corrected chi connectivity index (χ4v) is 4.39. The molecule has 0 aromatic heterocycles. The molecule has 0 spiro atoms. The number of ether oxygens (including phenoxy) is 1. The minimum absolute atomic E-state index is 0.0405. The van der Waals surface area contributed by atoms with E-state index in [1.165, 1.54) is 12.1 Å². The van der Waals surface area contributed by atoms with Gasteiger partial charge in [-0.3, -0.25) is 19.8 Å². The van der Waals surface area contributed by atoms with Crippen LogP contribution in [0.3, 0.4) is 0 Å². The second-order valence-electron chi connectivity index (χ2n) is 7.61. The number of ketones is 1. The Hall–Kier alpha value is -3.94. The number of anilines is 1. The Morgan fingerprint density at radius 1 is 1.16 bits per heavy atom. The first kappa shape index (κ1) is 21.3. The minimum Gasteiger partial charge on any atom is -0.463 e. The van der Waals surface area contributed by atoms with Gasteiger partial charge in [-0.25, -0.2) is 4.79 Å². The van der Waals surface area contributed by atoms with E-state index in [9.17, 15) is 19.7 Å². The molecule has 0 unspecified atom stereocenters. The smallest absolute Gasteiger partial charge is 0.338 e. The molecule has 0 bridgehead atoms. The predicted molar refractivity (Wildman–Crippen MR) is 118 cm³/mol. The molecule has 0 fully saturated rings. The summed E-state index contributed by atoms with van der Waals surface area (Å²) in [5.41, 5.74) is 9.30. The van der Waals surface area contributed by atoms with E-state index in [-0.39, 0.29) is 29.5 Å². The van der Waals surface area contributed by atoms with Crippen molar-refractivity contribution in [2.45, 2.75) is 32.1 Å². The van der Waals surface area contributed by atoms with E-state index in [0.717, 1.165) is 11.3 Å². The SMILES string of the molecule is CCOC(=O)C1=C(N)N(c2ccc([N+](=O)[O-])cc2)C2=C(C(=O)CCC2)[C@@H]1c1ccccc1.